The minimum absolute atomic E-state index is 0.0463. The van der Waals surface area contributed by atoms with Crippen LogP contribution in [0.2, 0.25) is 0 Å². The summed E-state index contributed by atoms with van der Waals surface area (Å²) < 4.78 is 5.81. The van der Waals surface area contributed by atoms with Crippen molar-refractivity contribution in [1.29, 1.82) is 0 Å². The molecule has 1 amide bonds. The second-order valence-electron chi connectivity index (χ2n) is 6.97. The summed E-state index contributed by atoms with van der Waals surface area (Å²) in [6.07, 6.45) is 3.64. The van der Waals surface area contributed by atoms with E-state index in [-0.39, 0.29) is 5.91 Å². The Labute approximate surface area is 170 Å². The van der Waals surface area contributed by atoms with E-state index < -0.39 is 0 Å². The summed E-state index contributed by atoms with van der Waals surface area (Å²) in [5.41, 5.74) is 5.77. The number of benzene rings is 2. The molecule has 0 N–H and O–H groups in total. The maximum absolute atomic E-state index is 13.1. The summed E-state index contributed by atoms with van der Waals surface area (Å²) in [5.74, 6) is 0.620. The first-order chi connectivity index (χ1) is 14.2. The van der Waals surface area contributed by atoms with Crippen molar-refractivity contribution in [2.75, 3.05) is 13.7 Å². The Morgan fingerprint density at radius 2 is 2.03 bits per heavy atom. The molecule has 0 atom stereocenters. The number of aromatic nitrogens is 1. The zero-order valence-electron chi connectivity index (χ0n) is 16.6. The third-order valence-corrected chi connectivity index (χ3v) is 5.01. The zero-order valence-corrected chi connectivity index (χ0v) is 16.6. The lowest BCUT2D eigenvalue weighted by atomic mass is 10.0. The molecule has 0 saturated carbocycles. The molecule has 2 heterocycles. The van der Waals surface area contributed by atoms with Gasteiger partial charge in [-0.05, 0) is 53.9 Å². The van der Waals surface area contributed by atoms with Crippen LogP contribution in [0.5, 0.6) is 5.75 Å². The highest BCUT2D eigenvalue weighted by atomic mass is 16.5. The number of amides is 1. The zero-order chi connectivity index (χ0) is 20.2. The SMILES string of the molecule is CCOc1cc(C(=O)N(C)Cc2cccc3c2CN=C3)ccc1-c1ccccn1. The van der Waals surface area contributed by atoms with Crippen molar-refractivity contribution in [1.82, 2.24) is 9.88 Å². The van der Waals surface area contributed by atoms with Gasteiger partial charge >= 0.3 is 0 Å². The van der Waals surface area contributed by atoms with Gasteiger partial charge < -0.3 is 9.64 Å². The summed E-state index contributed by atoms with van der Waals surface area (Å²) >= 11 is 0. The van der Waals surface area contributed by atoms with Gasteiger partial charge in [-0.3, -0.25) is 14.8 Å². The molecule has 2 aromatic carbocycles. The van der Waals surface area contributed by atoms with Crippen molar-refractivity contribution < 1.29 is 9.53 Å². The number of ether oxygens (including phenoxy) is 1. The Bertz CT molecular complexity index is 1060. The van der Waals surface area contributed by atoms with Crippen LogP contribution < -0.4 is 4.74 Å². The number of pyridine rings is 1. The molecule has 5 heteroatoms. The highest BCUT2D eigenvalue weighted by Crippen LogP contribution is 2.30. The van der Waals surface area contributed by atoms with E-state index in [0.29, 0.717) is 31.0 Å². The van der Waals surface area contributed by atoms with E-state index in [1.165, 1.54) is 5.56 Å². The van der Waals surface area contributed by atoms with E-state index in [9.17, 15) is 4.79 Å². The Balaban J connectivity index is 1.58. The molecule has 146 valence electrons. The molecule has 0 aliphatic carbocycles. The maximum atomic E-state index is 13.1. The van der Waals surface area contributed by atoms with Crippen LogP contribution in [0.1, 0.15) is 34.0 Å². The first-order valence-corrected chi connectivity index (χ1v) is 9.71. The number of hydrogen-bond acceptors (Lipinski definition) is 4. The lowest BCUT2D eigenvalue weighted by Crippen LogP contribution is -2.26. The molecule has 1 aliphatic heterocycles. The average Bonchev–Trinajstić information content (AvgIpc) is 3.24. The van der Waals surface area contributed by atoms with Gasteiger partial charge in [0.15, 0.2) is 0 Å². The third kappa shape index (κ3) is 3.90. The second-order valence-corrected chi connectivity index (χ2v) is 6.97. The van der Waals surface area contributed by atoms with Crippen molar-refractivity contribution >= 4 is 12.1 Å². The standard InChI is InChI=1S/C24H23N3O2/c1-3-29-23-13-17(10-11-20(23)22-9-4-5-12-26-22)24(28)27(2)16-19-8-6-7-18-14-25-15-21(18)19/h4-14H,3,15-16H2,1-2H3. The highest BCUT2D eigenvalue weighted by Gasteiger charge is 2.18. The van der Waals surface area contributed by atoms with Crippen molar-refractivity contribution in [3.8, 4) is 17.0 Å². The molecule has 0 spiro atoms. The molecule has 0 fully saturated rings. The van der Waals surface area contributed by atoms with Crippen LogP contribution >= 0.6 is 0 Å². The summed E-state index contributed by atoms with van der Waals surface area (Å²) in [4.78, 5) is 23.6. The van der Waals surface area contributed by atoms with Gasteiger partial charge in [-0.25, -0.2) is 0 Å². The monoisotopic (exact) mass is 385 g/mol. The van der Waals surface area contributed by atoms with Gasteiger partial charge in [-0.15, -0.1) is 0 Å². The van der Waals surface area contributed by atoms with Crippen LogP contribution in [0, 0.1) is 0 Å². The predicted molar refractivity (Wildman–Crippen MR) is 114 cm³/mol. The van der Waals surface area contributed by atoms with E-state index in [4.69, 9.17) is 4.74 Å². The van der Waals surface area contributed by atoms with Crippen LogP contribution in [-0.4, -0.2) is 35.7 Å². The number of rotatable bonds is 6. The van der Waals surface area contributed by atoms with E-state index >= 15 is 0 Å². The van der Waals surface area contributed by atoms with Gasteiger partial charge in [-0.1, -0.05) is 24.3 Å². The number of hydrogen-bond donors (Lipinski definition) is 0. The van der Waals surface area contributed by atoms with Crippen molar-refractivity contribution in [2.45, 2.75) is 20.0 Å². The smallest absolute Gasteiger partial charge is 0.254 e. The number of nitrogens with zero attached hydrogens (tertiary/aromatic N) is 3. The largest absolute Gasteiger partial charge is 0.493 e. The molecule has 4 rings (SSSR count). The van der Waals surface area contributed by atoms with Crippen LogP contribution in [0.4, 0.5) is 0 Å². The van der Waals surface area contributed by atoms with Gasteiger partial charge in [0.1, 0.15) is 5.75 Å². The first kappa shape index (κ1) is 18.9. The fraction of sp³-hybridized carbons (Fsp3) is 0.208. The topological polar surface area (TPSA) is 54.8 Å². The molecule has 0 saturated heterocycles. The molecule has 1 aromatic heterocycles. The minimum Gasteiger partial charge on any atom is -0.493 e. The summed E-state index contributed by atoms with van der Waals surface area (Å²) in [6.45, 7) is 3.67. The fourth-order valence-corrected chi connectivity index (χ4v) is 3.56. The fourth-order valence-electron chi connectivity index (χ4n) is 3.56. The average molecular weight is 385 g/mol. The molecule has 0 radical (unpaired) electrons. The van der Waals surface area contributed by atoms with Crippen LogP contribution in [0.15, 0.2) is 65.8 Å². The number of fused-ring (bicyclic) bond motifs is 1. The molecule has 29 heavy (non-hydrogen) atoms. The Kier molecular flexibility index (Phi) is 5.38. The van der Waals surface area contributed by atoms with Crippen LogP contribution in [0.25, 0.3) is 11.3 Å². The number of aliphatic imine (C=N–C) groups is 1. The molecule has 3 aromatic rings. The number of carbonyl (C=O) groups is 1. The van der Waals surface area contributed by atoms with E-state index in [1.807, 2.05) is 62.7 Å². The van der Waals surface area contributed by atoms with Crippen molar-refractivity contribution in [2.24, 2.45) is 4.99 Å². The minimum atomic E-state index is -0.0463. The Morgan fingerprint density at radius 3 is 2.83 bits per heavy atom. The van der Waals surface area contributed by atoms with Crippen LogP contribution in [-0.2, 0) is 13.1 Å². The lowest BCUT2D eigenvalue weighted by molar-refractivity contribution is 0.0784. The molecular weight excluding hydrogens is 362 g/mol. The van der Waals surface area contributed by atoms with Gasteiger partial charge in [0.2, 0.25) is 0 Å². The van der Waals surface area contributed by atoms with Gasteiger partial charge in [-0.2, -0.15) is 0 Å². The molecule has 1 aliphatic rings. The van der Waals surface area contributed by atoms with Crippen molar-refractivity contribution in [3.63, 3.8) is 0 Å². The van der Waals surface area contributed by atoms with Crippen molar-refractivity contribution in [3.05, 3.63) is 83.0 Å². The molecule has 0 unspecified atom stereocenters. The number of carbonyl (C=O) groups excluding carboxylic acids is 1. The van der Waals surface area contributed by atoms with Crippen LogP contribution in [0.3, 0.4) is 0 Å². The summed E-state index contributed by atoms with van der Waals surface area (Å²) in [5, 5.41) is 0. The van der Waals surface area contributed by atoms with Gasteiger partial charge in [0.05, 0.1) is 18.8 Å². The normalized spacial score (nSPS) is 11.9. The first-order valence-electron chi connectivity index (χ1n) is 9.71. The molecule has 5 nitrogen and oxygen atoms in total. The summed E-state index contributed by atoms with van der Waals surface area (Å²) in [6, 6.07) is 17.4. The van der Waals surface area contributed by atoms with E-state index in [2.05, 4.69) is 22.1 Å². The Hall–Kier alpha value is -3.47. The third-order valence-electron chi connectivity index (χ3n) is 5.01. The maximum Gasteiger partial charge on any atom is 0.254 e. The van der Waals surface area contributed by atoms with E-state index in [1.54, 1.807) is 11.1 Å². The van der Waals surface area contributed by atoms with Gasteiger partial charge in [0, 0.05) is 37.1 Å². The predicted octanol–water partition coefficient (Wildman–Crippen LogP) is 4.35. The van der Waals surface area contributed by atoms with Gasteiger partial charge in [0.25, 0.3) is 5.91 Å². The molecular formula is C24H23N3O2. The lowest BCUT2D eigenvalue weighted by Gasteiger charge is -2.20. The van der Waals surface area contributed by atoms with E-state index in [0.717, 1.165) is 22.4 Å². The summed E-state index contributed by atoms with van der Waals surface area (Å²) in [7, 11) is 1.82. The second kappa shape index (κ2) is 8.27. The molecule has 0 bridgehead atoms. The quantitative estimate of drug-likeness (QED) is 0.634. The highest BCUT2D eigenvalue weighted by molar-refractivity contribution is 5.95. The Morgan fingerprint density at radius 1 is 1.14 bits per heavy atom.